The molecule has 39 heavy (non-hydrogen) atoms. The van der Waals surface area contributed by atoms with Crippen LogP contribution in [-0.4, -0.2) is 53.5 Å². The fourth-order valence-corrected chi connectivity index (χ4v) is 6.23. The Hall–Kier alpha value is -2.56. The zero-order chi connectivity index (χ0) is 28.2. The van der Waals surface area contributed by atoms with Gasteiger partial charge in [0.2, 0.25) is 0 Å². The monoisotopic (exact) mass is 584 g/mol. The van der Waals surface area contributed by atoms with Crippen molar-refractivity contribution in [2.45, 2.75) is 42.9 Å². The fraction of sp³-hybridized carbons (Fsp3) is 0.429. The summed E-state index contributed by atoms with van der Waals surface area (Å²) in [5.74, 6) is 0.172. The number of carboxylic acids is 1. The van der Waals surface area contributed by atoms with Crippen LogP contribution in [-0.2, 0) is 11.0 Å². The maximum Gasteiger partial charge on any atom is 0.416 e. The molecule has 11 heteroatoms. The lowest BCUT2D eigenvalue weighted by Gasteiger charge is -2.39. The van der Waals surface area contributed by atoms with Gasteiger partial charge in [-0.3, -0.25) is 9.78 Å². The van der Waals surface area contributed by atoms with Gasteiger partial charge in [0.25, 0.3) is 0 Å². The molecule has 1 aliphatic rings. The summed E-state index contributed by atoms with van der Waals surface area (Å²) in [6, 6.07) is 10.4. The first-order chi connectivity index (χ1) is 18.5. The number of methoxy groups -OCH3 is 1. The van der Waals surface area contributed by atoms with Crippen LogP contribution in [0, 0.1) is 5.41 Å². The largest absolute Gasteiger partial charge is 0.497 e. The van der Waals surface area contributed by atoms with E-state index in [2.05, 4.69) is 9.88 Å². The lowest BCUT2D eigenvalue weighted by atomic mass is 9.74. The number of piperidine rings is 1. The van der Waals surface area contributed by atoms with Crippen molar-refractivity contribution in [2.24, 2.45) is 5.41 Å². The second-order valence-corrected chi connectivity index (χ2v) is 11.3. The molecule has 0 radical (unpaired) electrons. The Morgan fingerprint density at radius 3 is 2.64 bits per heavy atom. The lowest BCUT2D eigenvalue weighted by molar-refractivity contribution is -0.153. The number of benzene rings is 2. The summed E-state index contributed by atoms with van der Waals surface area (Å²) >= 11 is 7.66. The first-order valence-electron chi connectivity index (χ1n) is 12.5. The number of nitrogens with zero attached hydrogens (tertiary/aromatic N) is 2. The number of ether oxygens (including phenoxy) is 1. The van der Waals surface area contributed by atoms with Gasteiger partial charge < -0.3 is 14.7 Å². The molecule has 0 aliphatic carbocycles. The number of rotatable bonds is 10. The van der Waals surface area contributed by atoms with Crippen LogP contribution in [0.5, 0.6) is 5.75 Å². The Labute approximate surface area is 233 Å². The van der Waals surface area contributed by atoms with E-state index >= 15 is 4.39 Å². The van der Waals surface area contributed by atoms with Gasteiger partial charge in [0.15, 0.2) is 0 Å². The predicted molar refractivity (Wildman–Crippen MR) is 144 cm³/mol. The molecule has 1 atom stereocenters. The van der Waals surface area contributed by atoms with Crippen molar-refractivity contribution in [1.29, 1.82) is 0 Å². The molecule has 1 N–H and O–H groups in total. The van der Waals surface area contributed by atoms with Gasteiger partial charge in [-0.1, -0.05) is 17.7 Å². The minimum Gasteiger partial charge on any atom is -0.497 e. The Kier molecular flexibility index (Phi) is 9.29. The summed E-state index contributed by atoms with van der Waals surface area (Å²) < 4.78 is 59.7. The number of hydrogen-bond acceptors (Lipinski definition) is 5. The second-order valence-electron chi connectivity index (χ2n) is 9.71. The van der Waals surface area contributed by atoms with Gasteiger partial charge in [-0.2, -0.15) is 13.2 Å². The molecule has 0 unspecified atom stereocenters. The van der Waals surface area contributed by atoms with Crippen LogP contribution in [0.4, 0.5) is 17.6 Å². The molecule has 3 aromatic rings. The molecule has 210 valence electrons. The minimum atomic E-state index is -4.38. The average Bonchev–Trinajstić information content (AvgIpc) is 2.91. The number of halogens is 5. The summed E-state index contributed by atoms with van der Waals surface area (Å²) in [5.41, 5.74) is -0.877. The molecule has 1 aromatic heterocycles. The highest BCUT2D eigenvalue weighted by molar-refractivity contribution is 7.99. The van der Waals surface area contributed by atoms with Gasteiger partial charge in [0.1, 0.15) is 11.9 Å². The molecule has 0 amide bonds. The smallest absolute Gasteiger partial charge is 0.416 e. The first-order valence-corrected chi connectivity index (χ1v) is 13.9. The SMILES string of the molecule is COc1ccc2ncc(Cl)c([C@H](F)CCC3(C(=O)O)CCN(CCSc4cccc(C(F)(F)F)c4)CC3)c2c1. The number of aromatic nitrogens is 1. The van der Waals surface area contributed by atoms with Crippen LogP contribution >= 0.6 is 23.4 Å². The summed E-state index contributed by atoms with van der Waals surface area (Å²) in [7, 11) is 1.51. The molecule has 0 bridgehead atoms. The van der Waals surface area contributed by atoms with Crippen LogP contribution in [0.1, 0.15) is 43.0 Å². The number of carboxylic acid groups (broad SMARTS) is 1. The van der Waals surface area contributed by atoms with Crippen molar-refractivity contribution in [2.75, 3.05) is 32.5 Å². The molecule has 2 heterocycles. The molecule has 5 nitrogen and oxygen atoms in total. The van der Waals surface area contributed by atoms with Crippen molar-refractivity contribution >= 4 is 40.2 Å². The van der Waals surface area contributed by atoms with Crippen LogP contribution in [0.3, 0.4) is 0 Å². The number of pyridine rings is 1. The summed E-state index contributed by atoms with van der Waals surface area (Å²) in [6.07, 6.45) is -3.59. The van der Waals surface area contributed by atoms with Crippen molar-refractivity contribution in [3.8, 4) is 5.75 Å². The maximum absolute atomic E-state index is 15.6. The summed E-state index contributed by atoms with van der Waals surface area (Å²) in [4.78, 5) is 19.2. The van der Waals surface area contributed by atoms with Crippen molar-refractivity contribution in [3.05, 3.63) is 64.8 Å². The van der Waals surface area contributed by atoms with Gasteiger partial charge in [-0.25, -0.2) is 4.39 Å². The van der Waals surface area contributed by atoms with E-state index in [1.807, 2.05) is 0 Å². The highest BCUT2D eigenvalue weighted by atomic mass is 35.5. The highest BCUT2D eigenvalue weighted by Crippen LogP contribution is 2.42. The molecular formula is C28H29ClF4N2O3S. The van der Waals surface area contributed by atoms with E-state index in [4.69, 9.17) is 16.3 Å². The third-order valence-corrected chi connectivity index (χ3v) is 8.64. The summed E-state index contributed by atoms with van der Waals surface area (Å²) in [6.45, 7) is 1.65. The fourth-order valence-electron chi connectivity index (χ4n) is 4.99. The molecule has 1 saturated heterocycles. The number of alkyl halides is 4. The zero-order valence-corrected chi connectivity index (χ0v) is 22.9. The van der Waals surface area contributed by atoms with Gasteiger partial charge in [-0.05, 0) is 75.2 Å². The molecular weight excluding hydrogens is 556 g/mol. The second kappa shape index (κ2) is 12.3. The van der Waals surface area contributed by atoms with E-state index < -0.39 is 29.3 Å². The van der Waals surface area contributed by atoms with Crippen molar-refractivity contribution in [1.82, 2.24) is 9.88 Å². The van der Waals surface area contributed by atoms with E-state index in [-0.39, 0.29) is 23.4 Å². The summed E-state index contributed by atoms with van der Waals surface area (Å²) in [5, 5.41) is 10.8. The van der Waals surface area contributed by atoms with Crippen molar-refractivity contribution < 1.29 is 32.2 Å². The van der Waals surface area contributed by atoms with E-state index in [9.17, 15) is 23.1 Å². The molecule has 2 aromatic carbocycles. The van der Waals surface area contributed by atoms with Gasteiger partial charge in [-0.15, -0.1) is 11.8 Å². The molecule has 1 aliphatic heterocycles. The third kappa shape index (κ3) is 6.96. The predicted octanol–water partition coefficient (Wildman–Crippen LogP) is 7.67. The highest BCUT2D eigenvalue weighted by Gasteiger charge is 2.42. The number of fused-ring (bicyclic) bond motifs is 1. The Bertz CT molecular complexity index is 1320. The lowest BCUT2D eigenvalue weighted by Crippen LogP contribution is -2.45. The number of thioether (sulfide) groups is 1. The third-order valence-electron chi connectivity index (χ3n) is 7.36. The Morgan fingerprint density at radius 2 is 1.97 bits per heavy atom. The molecule has 4 rings (SSSR count). The van der Waals surface area contributed by atoms with E-state index in [1.54, 1.807) is 24.3 Å². The molecule has 1 fully saturated rings. The number of hydrogen-bond donors (Lipinski definition) is 1. The topological polar surface area (TPSA) is 62.7 Å². The van der Waals surface area contributed by atoms with E-state index in [0.717, 1.165) is 12.1 Å². The molecule has 0 saturated carbocycles. The Morgan fingerprint density at radius 1 is 1.23 bits per heavy atom. The van der Waals surface area contributed by atoms with Gasteiger partial charge in [0.05, 0.1) is 28.6 Å². The quantitative estimate of drug-likeness (QED) is 0.195. The number of carbonyl (C=O) groups is 1. The van der Waals surface area contributed by atoms with Gasteiger partial charge >= 0.3 is 12.1 Å². The number of aliphatic carboxylic acids is 1. The Balaban J connectivity index is 1.35. The van der Waals surface area contributed by atoms with Crippen LogP contribution in [0.15, 0.2) is 53.6 Å². The average molecular weight is 585 g/mol. The van der Waals surface area contributed by atoms with E-state index in [1.165, 1.54) is 31.1 Å². The van der Waals surface area contributed by atoms with E-state index in [0.29, 0.717) is 59.8 Å². The maximum atomic E-state index is 15.6. The van der Waals surface area contributed by atoms with Gasteiger partial charge in [0, 0.05) is 34.3 Å². The van der Waals surface area contributed by atoms with Crippen LogP contribution in [0.25, 0.3) is 10.9 Å². The molecule has 0 spiro atoms. The number of likely N-dealkylation sites (tertiary alicyclic amines) is 1. The standard InChI is InChI=1S/C28H29ClF4N2O3S/c1-38-19-5-6-24-21(16-19)25(22(29)17-34-24)23(30)7-8-27(26(36)37)9-11-35(12-10-27)13-14-39-20-4-2-3-18(15-20)28(31,32)33/h2-6,15-17,23H,7-14H2,1H3,(H,36,37)/t23-/m1/s1. The first kappa shape index (κ1) is 29.4. The normalized spacial score (nSPS) is 16.8. The van der Waals surface area contributed by atoms with Crippen molar-refractivity contribution in [3.63, 3.8) is 0 Å². The zero-order valence-electron chi connectivity index (χ0n) is 21.3. The van der Waals surface area contributed by atoms with Crippen LogP contribution in [0.2, 0.25) is 5.02 Å². The van der Waals surface area contributed by atoms with Crippen LogP contribution < -0.4 is 4.74 Å². The minimum absolute atomic E-state index is 0.00621.